The lowest BCUT2D eigenvalue weighted by Gasteiger charge is -2.09. The van der Waals surface area contributed by atoms with Crippen LogP contribution >= 0.6 is 0 Å². The number of rotatable bonds is 8. The van der Waals surface area contributed by atoms with Crippen LogP contribution in [-0.2, 0) is 13.1 Å². The van der Waals surface area contributed by atoms with Crippen LogP contribution in [0.4, 0.5) is 0 Å². The number of aliphatic hydroxyl groups is 1. The van der Waals surface area contributed by atoms with Gasteiger partial charge in [-0.05, 0) is 36.9 Å². The van der Waals surface area contributed by atoms with Gasteiger partial charge in [-0.2, -0.15) is 0 Å². The summed E-state index contributed by atoms with van der Waals surface area (Å²) in [6, 6.07) is 8.70. The SMILES string of the molecule is CNCc1cccc2ccn(CCCCCCO)c12. The Hall–Kier alpha value is -1.32. The van der Waals surface area contributed by atoms with Gasteiger partial charge < -0.3 is 15.0 Å². The van der Waals surface area contributed by atoms with Crippen molar-refractivity contribution in [2.45, 2.75) is 38.8 Å². The monoisotopic (exact) mass is 260 g/mol. The zero-order valence-corrected chi connectivity index (χ0v) is 11.7. The lowest BCUT2D eigenvalue weighted by Crippen LogP contribution is -2.07. The highest BCUT2D eigenvalue weighted by Gasteiger charge is 2.05. The molecule has 2 rings (SSSR count). The van der Waals surface area contributed by atoms with Crippen LogP contribution in [0, 0.1) is 0 Å². The Labute approximate surface area is 115 Å². The van der Waals surface area contributed by atoms with E-state index in [1.165, 1.54) is 29.3 Å². The largest absolute Gasteiger partial charge is 0.396 e. The number of nitrogens with one attached hydrogen (secondary N) is 1. The van der Waals surface area contributed by atoms with Crippen LogP contribution in [0.15, 0.2) is 30.5 Å². The normalized spacial score (nSPS) is 11.3. The van der Waals surface area contributed by atoms with Crippen LogP contribution in [0.1, 0.15) is 31.2 Å². The van der Waals surface area contributed by atoms with E-state index in [1.807, 2.05) is 7.05 Å². The minimum atomic E-state index is 0.318. The molecule has 0 spiro atoms. The molecule has 0 atom stereocenters. The molecule has 2 N–H and O–H groups in total. The van der Waals surface area contributed by atoms with Crippen LogP contribution in [0.2, 0.25) is 0 Å². The maximum Gasteiger partial charge on any atom is 0.0525 e. The molecule has 0 bridgehead atoms. The smallest absolute Gasteiger partial charge is 0.0525 e. The molecule has 0 aliphatic carbocycles. The summed E-state index contributed by atoms with van der Waals surface area (Å²) in [4.78, 5) is 0. The maximum absolute atomic E-state index is 8.77. The van der Waals surface area contributed by atoms with Gasteiger partial charge in [0.05, 0.1) is 5.52 Å². The van der Waals surface area contributed by atoms with Gasteiger partial charge in [0.15, 0.2) is 0 Å². The van der Waals surface area contributed by atoms with Gasteiger partial charge in [-0.1, -0.05) is 31.0 Å². The Balaban J connectivity index is 2.05. The predicted octanol–water partition coefficient (Wildman–Crippen LogP) is 2.91. The topological polar surface area (TPSA) is 37.2 Å². The molecule has 2 aromatic rings. The van der Waals surface area contributed by atoms with Crippen molar-refractivity contribution >= 4 is 10.9 Å². The van der Waals surface area contributed by atoms with Crippen molar-refractivity contribution in [3.8, 4) is 0 Å². The van der Waals surface area contributed by atoms with Gasteiger partial charge in [-0.15, -0.1) is 0 Å². The Morgan fingerprint density at radius 1 is 1.11 bits per heavy atom. The highest BCUT2D eigenvalue weighted by Crippen LogP contribution is 2.21. The van der Waals surface area contributed by atoms with Crippen molar-refractivity contribution < 1.29 is 5.11 Å². The van der Waals surface area contributed by atoms with Gasteiger partial charge in [-0.25, -0.2) is 0 Å². The van der Waals surface area contributed by atoms with E-state index in [0.29, 0.717) is 6.61 Å². The van der Waals surface area contributed by atoms with Crippen molar-refractivity contribution in [3.05, 3.63) is 36.0 Å². The van der Waals surface area contributed by atoms with Crippen molar-refractivity contribution in [2.75, 3.05) is 13.7 Å². The van der Waals surface area contributed by atoms with Gasteiger partial charge in [-0.3, -0.25) is 0 Å². The minimum Gasteiger partial charge on any atom is -0.396 e. The third kappa shape index (κ3) is 3.58. The Bertz CT molecular complexity index is 504. The lowest BCUT2D eigenvalue weighted by atomic mass is 10.1. The van der Waals surface area contributed by atoms with E-state index in [4.69, 9.17) is 5.11 Å². The van der Waals surface area contributed by atoms with Crippen LogP contribution < -0.4 is 5.32 Å². The summed E-state index contributed by atoms with van der Waals surface area (Å²) in [5.74, 6) is 0. The highest BCUT2D eigenvalue weighted by molar-refractivity contribution is 5.83. The molecular weight excluding hydrogens is 236 g/mol. The van der Waals surface area contributed by atoms with E-state index in [2.05, 4.69) is 40.3 Å². The molecular formula is C16H24N2O. The molecule has 104 valence electrons. The summed E-state index contributed by atoms with van der Waals surface area (Å²) in [6.07, 6.45) is 6.61. The van der Waals surface area contributed by atoms with E-state index in [9.17, 15) is 0 Å². The van der Waals surface area contributed by atoms with E-state index in [0.717, 1.165) is 25.9 Å². The second kappa shape index (κ2) is 7.31. The van der Waals surface area contributed by atoms with Crippen LogP contribution in [-0.4, -0.2) is 23.3 Å². The first-order chi connectivity index (χ1) is 9.36. The number of benzene rings is 1. The Morgan fingerprint density at radius 2 is 1.95 bits per heavy atom. The van der Waals surface area contributed by atoms with Crippen molar-refractivity contribution in [1.29, 1.82) is 0 Å². The zero-order valence-electron chi connectivity index (χ0n) is 11.7. The van der Waals surface area contributed by atoms with Crippen LogP contribution in [0.3, 0.4) is 0 Å². The fraction of sp³-hybridized carbons (Fsp3) is 0.500. The number of fused-ring (bicyclic) bond motifs is 1. The summed E-state index contributed by atoms with van der Waals surface area (Å²) < 4.78 is 2.36. The first-order valence-corrected chi connectivity index (χ1v) is 7.19. The molecule has 0 unspecified atom stereocenters. The number of unbranched alkanes of at least 4 members (excludes halogenated alkanes) is 3. The summed E-state index contributed by atoms with van der Waals surface area (Å²) in [5, 5.41) is 13.3. The molecule has 3 nitrogen and oxygen atoms in total. The molecule has 0 aliphatic heterocycles. The first kappa shape index (κ1) is 14.1. The van der Waals surface area contributed by atoms with Crippen molar-refractivity contribution in [2.24, 2.45) is 0 Å². The summed E-state index contributed by atoms with van der Waals surface area (Å²) in [6.45, 7) is 2.29. The fourth-order valence-electron chi connectivity index (χ4n) is 2.61. The molecule has 0 amide bonds. The second-order valence-electron chi connectivity index (χ2n) is 5.03. The molecule has 0 saturated heterocycles. The van der Waals surface area contributed by atoms with Gasteiger partial charge >= 0.3 is 0 Å². The maximum atomic E-state index is 8.77. The molecule has 0 aliphatic rings. The summed E-state index contributed by atoms with van der Waals surface area (Å²) >= 11 is 0. The molecule has 0 fully saturated rings. The van der Waals surface area contributed by atoms with Gasteiger partial charge in [0, 0.05) is 25.9 Å². The standard InChI is InChI=1S/C16H24N2O/c1-17-13-15-8-6-7-14-9-11-18(16(14)15)10-4-2-3-5-12-19/h6-9,11,17,19H,2-5,10,12-13H2,1H3. The quantitative estimate of drug-likeness (QED) is 0.716. The van der Waals surface area contributed by atoms with E-state index in [-0.39, 0.29) is 0 Å². The molecule has 1 aromatic heterocycles. The predicted molar refractivity (Wildman–Crippen MR) is 80.3 cm³/mol. The molecule has 19 heavy (non-hydrogen) atoms. The number of para-hydroxylation sites is 1. The highest BCUT2D eigenvalue weighted by atomic mass is 16.2. The summed E-state index contributed by atoms with van der Waals surface area (Å²) in [5.41, 5.74) is 2.72. The van der Waals surface area contributed by atoms with E-state index < -0.39 is 0 Å². The number of hydrogen-bond acceptors (Lipinski definition) is 2. The Kier molecular flexibility index (Phi) is 5.43. The first-order valence-electron chi connectivity index (χ1n) is 7.19. The van der Waals surface area contributed by atoms with E-state index >= 15 is 0 Å². The summed E-state index contributed by atoms with van der Waals surface area (Å²) in [7, 11) is 1.99. The molecule has 0 saturated carbocycles. The zero-order chi connectivity index (χ0) is 13.5. The molecule has 1 aromatic carbocycles. The molecule has 1 heterocycles. The molecule has 0 radical (unpaired) electrons. The lowest BCUT2D eigenvalue weighted by molar-refractivity contribution is 0.282. The number of aliphatic hydroxyl groups excluding tert-OH is 1. The third-order valence-corrected chi connectivity index (χ3v) is 3.55. The minimum absolute atomic E-state index is 0.318. The van der Waals surface area contributed by atoms with Crippen LogP contribution in [0.5, 0.6) is 0 Å². The van der Waals surface area contributed by atoms with Gasteiger partial charge in [0.25, 0.3) is 0 Å². The number of hydrogen-bond donors (Lipinski definition) is 2. The van der Waals surface area contributed by atoms with E-state index in [1.54, 1.807) is 0 Å². The van der Waals surface area contributed by atoms with Gasteiger partial charge in [0.2, 0.25) is 0 Å². The average Bonchev–Trinajstić information content (AvgIpc) is 2.83. The van der Waals surface area contributed by atoms with Crippen molar-refractivity contribution in [3.63, 3.8) is 0 Å². The molecule has 3 heteroatoms. The fourth-order valence-corrected chi connectivity index (χ4v) is 2.61. The second-order valence-corrected chi connectivity index (χ2v) is 5.03. The number of aromatic nitrogens is 1. The van der Waals surface area contributed by atoms with Crippen molar-refractivity contribution in [1.82, 2.24) is 9.88 Å². The average molecular weight is 260 g/mol. The van der Waals surface area contributed by atoms with Crippen LogP contribution in [0.25, 0.3) is 10.9 Å². The Morgan fingerprint density at radius 3 is 2.74 bits per heavy atom. The third-order valence-electron chi connectivity index (χ3n) is 3.55. The number of aryl methyl sites for hydroxylation is 1. The van der Waals surface area contributed by atoms with Gasteiger partial charge in [0.1, 0.15) is 0 Å². The number of nitrogens with zero attached hydrogens (tertiary/aromatic N) is 1.